The summed E-state index contributed by atoms with van der Waals surface area (Å²) in [5.74, 6) is -1.02. The lowest BCUT2D eigenvalue weighted by molar-refractivity contribution is -0.161. The van der Waals surface area contributed by atoms with E-state index in [-0.39, 0.29) is 11.9 Å². The summed E-state index contributed by atoms with van der Waals surface area (Å²) < 4.78 is 10.7. The summed E-state index contributed by atoms with van der Waals surface area (Å²) in [6.07, 6.45) is 10.6. The molecule has 4 heteroatoms. The van der Waals surface area contributed by atoms with E-state index in [1.54, 1.807) is 0 Å². The van der Waals surface area contributed by atoms with Gasteiger partial charge in [0.25, 0.3) is 0 Å². The smallest absolute Gasteiger partial charge is 0.310 e. The third-order valence-electron chi connectivity index (χ3n) is 4.09. The molecule has 0 aliphatic heterocycles. The minimum atomic E-state index is -0.397. The lowest BCUT2D eigenvalue weighted by Crippen LogP contribution is -2.34. The number of hydrogen-bond donors (Lipinski definition) is 0. The van der Waals surface area contributed by atoms with Crippen molar-refractivity contribution in [2.75, 3.05) is 13.2 Å². The highest BCUT2D eigenvalue weighted by atomic mass is 16.5. The fourth-order valence-corrected chi connectivity index (χ4v) is 2.68. The van der Waals surface area contributed by atoms with Gasteiger partial charge in [0, 0.05) is 0 Å². The predicted molar refractivity (Wildman–Crippen MR) is 90.9 cm³/mol. The van der Waals surface area contributed by atoms with Crippen LogP contribution in [0.15, 0.2) is 12.2 Å². The Morgan fingerprint density at radius 3 is 2.09 bits per heavy atom. The SMILES string of the molecule is CCCCCCCOC(=O)C1CC=CCC1C(=O)OCC(C)C. The van der Waals surface area contributed by atoms with Crippen molar-refractivity contribution >= 4 is 11.9 Å². The summed E-state index contributed by atoms with van der Waals surface area (Å²) in [6, 6.07) is 0. The number of ether oxygens (including phenoxy) is 2. The summed E-state index contributed by atoms with van der Waals surface area (Å²) in [5, 5.41) is 0. The van der Waals surface area contributed by atoms with Crippen molar-refractivity contribution < 1.29 is 19.1 Å². The average Bonchev–Trinajstić information content (AvgIpc) is 2.55. The molecule has 0 aromatic heterocycles. The number of carbonyl (C=O) groups is 2. The highest BCUT2D eigenvalue weighted by Crippen LogP contribution is 2.28. The molecule has 1 aliphatic carbocycles. The lowest BCUT2D eigenvalue weighted by atomic mass is 9.83. The van der Waals surface area contributed by atoms with Crippen LogP contribution in [0.25, 0.3) is 0 Å². The maximum atomic E-state index is 12.3. The number of allylic oxidation sites excluding steroid dienone is 2. The molecule has 0 N–H and O–H groups in total. The Morgan fingerprint density at radius 1 is 0.957 bits per heavy atom. The third-order valence-corrected chi connectivity index (χ3v) is 4.09. The molecule has 2 unspecified atom stereocenters. The highest BCUT2D eigenvalue weighted by Gasteiger charge is 2.36. The van der Waals surface area contributed by atoms with Crippen molar-refractivity contribution in [2.24, 2.45) is 17.8 Å². The molecule has 0 fully saturated rings. The molecule has 0 spiro atoms. The van der Waals surface area contributed by atoms with Crippen molar-refractivity contribution in [3.63, 3.8) is 0 Å². The first-order valence-electron chi connectivity index (χ1n) is 9.04. The zero-order valence-electron chi connectivity index (χ0n) is 14.9. The van der Waals surface area contributed by atoms with Crippen molar-refractivity contribution in [1.29, 1.82) is 0 Å². The van der Waals surface area contributed by atoms with E-state index < -0.39 is 11.8 Å². The Morgan fingerprint density at radius 2 is 1.52 bits per heavy atom. The molecule has 0 amide bonds. The molecule has 4 nitrogen and oxygen atoms in total. The Bertz CT molecular complexity index is 387. The third kappa shape index (κ3) is 7.67. The molecule has 23 heavy (non-hydrogen) atoms. The summed E-state index contributed by atoms with van der Waals surface area (Å²) in [4.78, 5) is 24.5. The quantitative estimate of drug-likeness (QED) is 0.342. The first-order valence-corrected chi connectivity index (χ1v) is 9.04. The number of unbranched alkanes of at least 4 members (excludes halogenated alkanes) is 4. The zero-order valence-corrected chi connectivity index (χ0v) is 14.9. The van der Waals surface area contributed by atoms with E-state index in [9.17, 15) is 9.59 Å². The summed E-state index contributed by atoms with van der Waals surface area (Å²) >= 11 is 0. The monoisotopic (exact) mass is 324 g/mol. The topological polar surface area (TPSA) is 52.6 Å². The maximum Gasteiger partial charge on any atom is 0.310 e. The standard InChI is InChI=1S/C19H32O4/c1-4-5-6-7-10-13-22-18(20)16-11-8-9-12-17(16)19(21)23-14-15(2)3/h8-9,15-17H,4-7,10-14H2,1-3H3. The van der Waals surface area contributed by atoms with Crippen molar-refractivity contribution in [3.05, 3.63) is 12.2 Å². The van der Waals surface area contributed by atoms with Crippen LogP contribution in [0.2, 0.25) is 0 Å². The summed E-state index contributed by atoms with van der Waals surface area (Å²) in [5.41, 5.74) is 0. The fourth-order valence-electron chi connectivity index (χ4n) is 2.68. The van der Waals surface area contributed by atoms with E-state index in [4.69, 9.17) is 9.47 Å². The van der Waals surface area contributed by atoms with Gasteiger partial charge in [0.05, 0.1) is 25.0 Å². The molecule has 1 aliphatic rings. The van der Waals surface area contributed by atoms with E-state index in [1.165, 1.54) is 19.3 Å². The Hall–Kier alpha value is -1.32. The van der Waals surface area contributed by atoms with Gasteiger partial charge in [-0.2, -0.15) is 0 Å². The van der Waals surface area contributed by atoms with Crippen LogP contribution in [0.1, 0.15) is 65.7 Å². The van der Waals surface area contributed by atoms with Crippen LogP contribution in [0.4, 0.5) is 0 Å². The van der Waals surface area contributed by atoms with Gasteiger partial charge in [0.2, 0.25) is 0 Å². The Balaban J connectivity index is 2.39. The van der Waals surface area contributed by atoms with Crippen molar-refractivity contribution in [1.82, 2.24) is 0 Å². The van der Waals surface area contributed by atoms with Crippen molar-refractivity contribution in [3.8, 4) is 0 Å². The van der Waals surface area contributed by atoms with Crippen LogP contribution < -0.4 is 0 Å². The number of rotatable bonds is 10. The van der Waals surface area contributed by atoms with Gasteiger partial charge in [-0.25, -0.2) is 0 Å². The van der Waals surface area contributed by atoms with Gasteiger partial charge in [-0.05, 0) is 25.2 Å². The second kappa shape index (κ2) is 11.3. The van der Waals surface area contributed by atoms with E-state index in [2.05, 4.69) is 6.92 Å². The van der Waals surface area contributed by atoms with Crippen LogP contribution in [-0.2, 0) is 19.1 Å². The summed E-state index contributed by atoms with van der Waals surface area (Å²) in [7, 11) is 0. The van der Waals surface area contributed by atoms with Crippen LogP contribution in [-0.4, -0.2) is 25.2 Å². The molecular weight excluding hydrogens is 292 g/mol. The summed E-state index contributed by atoms with van der Waals surface area (Å²) in [6.45, 7) is 7.03. The molecular formula is C19H32O4. The fraction of sp³-hybridized carbons (Fsp3) is 0.789. The second-order valence-corrected chi connectivity index (χ2v) is 6.76. The molecule has 0 radical (unpaired) electrons. The van der Waals surface area contributed by atoms with Crippen LogP contribution >= 0.6 is 0 Å². The van der Waals surface area contributed by atoms with E-state index in [1.807, 2.05) is 26.0 Å². The first kappa shape index (κ1) is 19.7. The van der Waals surface area contributed by atoms with Crippen LogP contribution in [0, 0.1) is 17.8 Å². The minimum Gasteiger partial charge on any atom is -0.465 e. The molecule has 0 saturated carbocycles. The second-order valence-electron chi connectivity index (χ2n) is 6.76. The maximum absolute atomic E-state index is 12.3. The highest BCUT2D eigenvalue weighted by molar-refractivity contribution is 5.82. The Labute approximate surface area is 140 Å². The van der Waals surface area contributed by atoms with E-state index >= 15 is 0 Å². The van der Waals surface area contributed by atoms with E-state index in [0.29, 0.717) is 32.0 Å². The molecule has 0 aromatic rings. The average molecular weight is 324 g/mol. The van der Waals surface area contributed by atoms with Gasteiger partial charge in [-0.15, -0.1) is 0 Å². The lowest BCUT2D eigenvalue weighted by Gasteiger charge is -2.25. The molecule has 2 atom stereocenters. The minimum absolute atomic E-state index is 0.253. The molecule has 0 bridgehead atoms. The number of carbonyl (C=O) groups excluding carboxylic acids is 2. The molecule has 0 heterocycles. The van der Waals surface area contributed by atoms with Gasteiger partial charge in [0.15, 0.2) is 0 Å². The van der Waals surface area contributed by atoms with Crippen LogP contribution in [0.5, 0.6) is 0 Å². The Kier molecular flexibility index (Phi) is 9.65. The molecule has 132 valence electrons. The molecule has 0 aromatic carbocycles. The van der Waals surface area contributed by atoms with Gasteiger partial charge in [0.1, 0.15) is 0 Å². The first-order chi connectivity index (χ1) is 11.1. The van der Waals surface area contributed by atoms with Gasteiger partial charge in [-0.3, -0.25) is 9.59 Å². The predicted octanol–water partition coefficient (Wildman–Crippen LogP) is 4.28. The zero-order chi connectivity index (χ0) is 17.1. The largest absolute Gasteiger partial charge is 0.465 e. The van der Waals surface area contributed by atoms with E-state index in [0.717, 1.165) is 12.8 Å². The van der Waals surface area contributed by atoms with Crippen molar-refractivity contribution in [2.45, 2.75) is 65.7 Å². The van der Waals surface area contributed by atoms with Gasteiger partial charge in [-0.1, -0.05) is 58.6 Å². The normalized spacial score (nSPS) is 20.5. The molecule has 1 rings (SSSR count). The van der Waals surface area contributed by atoms with Gasteiger partial charge >= 0.3 is 11.9 Å². The number of esters is 2. The molecule has 0 saturated heterocycles. The number of hydrogen-bond acceptors (Lipinski definition) is 4. The van der Waals surface area contributed by atoms with Gasteiger partial charge < -0.3 is 9.47 Å². The van der Waals surface area contributed by atoms with Crippen LogP contribution in [0.3, 0.4) is 0 Å².